The minimum absolute atomic E-state index is 0.452. The number of nitrogens with zero attached hydrogens (tertiary/aromatic N) is 4. The fourth-order valence-corrected chi connectivity index (χ4v) is 5.55. The summed E-state index contributed by atoms with van der Waals surface area (Å²) in [6, 6.07) is 17.8. The van der Waals surface area contributed by atoms with Gasteiger partial charge in [0, 0.05) is 61.2 Å². The highest BCUT2D eigenvalue weighted by Crippen LogP contribution is 2.30. The van der Waals surface area contributed by atoms with Gasteiger partial charge in [-0.1, -0.05) is 47.6 Å². The highest BCUT2D eigenvalue weighted by molar-refractivity contribution is 7.90. The van der Waals surface area contributed by atoms with Crippen molar-refractivity contribution < 1.29 is 9.35 Å². The van der Waals surface area contributed by atoms with E-state index in [4.69, 9.17) is 15.7 Å². The summed E-state index contributed by atoms with van der Waals surface area (Å²) in [6.45, 7) is 5.19. The van der Waals surface area contributed by atoms with Crippen LogP contribution in [0.15, 0.2) is 54.6 Å². The Balaban J connectivity index is 1.53. The summed E-state index contributed by atoms with van der Waals surface area (Å²) in [6.07, 6.45) is 3.47. The molecule has 2 aromatic heterocycles. The Morgan fingerprint density at radius 3 is 2.73 bits per heavy atom. The zero-order valence-corrected chi connectivity index (χ0v) is 22.1. The van der Waals surface area contributed by atoms with Crippen LogP contribution in [0.3, 0.4) is 0 Å². The van der Waals surface area contributed by atoms with Crippen LogP contribution in [0.1, 0.15) is 39.3 Å². The van der Waals surface area contributed by atoms with E-state index in [-0.39, 0.29) is 0 Å². The monoisotopic (exact) mass is 516 g/mol. The highest BCUT2D eigenvalue weighted by atomic mass is 32.2. The SMILES string of the molecule is Cc1cc2c(C(N)=O)cccc2n1-c1nc2c(c(NCc3ccccc3)n1)CN(CCC[S+](C)[O-])CC2. The van der Waals surface area contributed by atoms with Gasteiger partial charge in [-0.2, -0.15) is 4.98 Å². The van der Waals surface area contributed by atoms with Crippen LogP contribution in [0.4, 0.5) is 5.82 Å². The van der Waals surface area contributed by atoms with Gasteiger partial charge in [0.15, 0.2) is 0 Å². The first kappa shape index (κ1) is 25.3. The van der Waals surface area contributed by atoms with Crippen LogP contribution < -0.4 is 11.1 Å². The van der Waals surface area contributed by atoms with Gasteiger partial charge in [0.1, 0.15) is 11.6 Å². The van der Waals surface area contributed by atoms with Crippen molar-refractivity contribution >= 4 is 33.8 Å². The summed E-state index contributed by atoms with van der Waals surface area (Å²) < 4.78 is 13.5. The molecule has 2 aromatic carbocycles. The average molecular weight is 517 g/mol. The highest BCUT2D eigenvalue weighted by Gasteiger charge is 2.24. The molecule has 0 saturated carbocycles. The predicted octanol–water partition coefficient (Wildman–Crippen LogP) is 3.57. The lowest BCUT2D eigenvalue weighted by Crippen LogP contribution is -2.34. The first-order valence-electron chi connectivity index (χ1n) is 12.5. The van der Waals surface area contributed by atoms with Gasteiger partial charge >= 0.3 is 0 Å². The lowest BCUT2D eigenvalue weighted by molar-refractivity contribution is 0.100. The van der Waals surface area contributed by atoms with E-state index in [1.807, 2.05) is 47.9 Å². The second-order valence-corrected chi connectivity index (χ2v) is 11.1. The van der Waals surface area contributed by atoms with Gasteiger partial charge in [0.05, 0.1) is 17.5 Å². The zero-order chi connectivity index (χ0) is 25.9. The van der Waals surface area contributed by atoms with E-state index in [1.165, 1.54) is 5.56 Å². The standard InChI is InChI=1S/C28H32N6O2S/c1-19-16-22-21(26(29)35)10-6-11-25(22)34(19)28-31-24-12-14-33(13-7-15-37(2)36)18-23(24)27(32-28)30-17-20-8-4-3-5-9-20/h3-6,8-11,16H,7,12-15,17-18H2,1-2H3,(H2,29,35)(H,30,31,32). The quantitative estimate of drug-likeness (QED) is 0.329. The maximum Gasteiger partial charge on any atom is 0.249 e. The number of carbonyl (C=O) groups is 1. The second kappa shape index (κ2) is 10.9. The lowest BCUT2D eigenvalue weighted by atomic mass is 10.1. The third-order valence-electron chi connectivity index (χ3n) is 6.83. The minimum Gasteiger partial charge on any atom is -0.617 e. The van der Waals surface area contributed by atoms with Crippen LogP contribution in [0.2, 0.25) is 0 Å². The van der Waals surface area contributed by atoms with E-state index in [1.54, 1.807) is 12.3 Å². The van der Waals surface area contributed by atoms with Gasteiger partial charge in [0.25, 0.3) is 0 Å². The Kier molecular flexibility index (Phi) is 7.45. The molecule has 0 bridgehead atoms. The van der Waals surface area contributed by atoms with Gasteiger partial charge in [-0.15, -0.1) is 0 Å². The van der Waals surface area contributed by atoms with Crippen molar-refractivity contribution in [2.75, 3.05) is 30.4 Å². The lowest BCUT2D eigenvalue weighted by Gasteiger charge is -2.30. The molecular formula is C28H32N6O2S. The Bertz CT molecular complexity index is 1420. The Morgan fingerprint density at radius 1 is 1.16 bits per heavy atom. The third kappa shape index (κ3) is 5.49. The Hall–Kier alpha value is -3.40. The summed E-state index contributed by atoms with van der Waals surface area (Å²) in [7, 11) is 0. The first-order chi connectivity index (χ1) is 17.9. The van der Waals surface area contributed by atoms with Crippen LogP contribution in [0.5, 0.6) is 0 Å². The molecule has 8 nitrogen and oxygen atoms in total. The van der Waals surface area contributed by atoms with E-state index < -0.39 is 17.1 Å². The number of hydrogen-bond donors (Lipinski definition) is 2. The van der Waals surface area contributed by atoms with Gasteiger partial charge in [0.2, 0.25) is 11.9 Å². The Morgan fingerprint density at radius 2 is 1.97 bits per heavy atom. The van der Waals surface area contributed by atoms with Gasteiger partial charge in [-0.05, 0) is 30.7 Å². The molecule has 37 heavy (non-hydrogen) atoms. The summed E-state index contributed by atoms with van der Waals surface area (Å²) >= 11 is -0.778. The molecule has 5 rings (SSSR count). The molecule has 1 amide bonds. The fourth-order valence-electron chi connectivity index (χ4n) is 5.01. The minimum atomic E-state index is -0.778. The number of benzene rings is 2. The molecule has 1 unspecified atom stereocenters. The number of carbonyl (C=O) groups excluding carboxylic acids is 1. The summed E-state index contributed by atoms with van der Waals surface area (Å²) in [5.41, 5.74) is 11.2. The number of anilines is 1. The average Bonchev–Trinajstić information content (AvgIpc) is 3.23. The van der Waals surface area contributed by atoms with Crippen LogP contribution in [-0.2, 0) is 30.7 Å². The second-order valence-electron chi connectivity index (χ2n) is 9.52. The molecule has 0 spiro atoms. The van der Waals surface area contributed by atoms with Crippen molar-refractivity contribution in [1.29, 1.82) is 0 Å². The van der Waals surface area contributed by atoms with Crippen molar-refractivity contribution in [3.05, 3.63) is 82.7 Å². The number of nitrogens with two attached hydrogens (primary N) is 1. The number of rotatable bonds is 9. The van der Waals surface area contributed by atoms with Crippen molar-refractivity contribution in [1.82, 2.24) is 19.4 Å². The molecule has 0 aliphatic carbocycles. The number of aryl methyl sites for hydroxylation is 1. The normalized spacial score (nSPS) is 14.5. The van der Waals surface area contributed by atoms with Gasteiger partial charge in [-0.25, -0.2) is 4.98 Å². The molecule has 4 aromatic rings. The van der Waals surface area contributed by atoms with Crippen LogP contribution in [0, 0.1) is 6.92 Å². The van der Waals surface area contributed by atoms with E-state index in [0.29, 0.717) is 23.8 Å². The molecule has 0 saturated heterocycles. The summed E-state index contributed by atoms with van der Waals surface area (Å²) in [5, 5.41) is 4.37. The predicted molar refractivity (Wildman–Crippen MR) is 148 cm³/mol. The molecule has 0 fully saturated rings. The van der Waals surface area contributed by atoms with E-state index in [0.717, 1.165) is 66.1 Å². The molecule has 192 valence electrons. The number of hydrogen-bond acceptors (Lipinski definition) is 6. The van der Waals surface area contributed by atoms with Gasteiger partial charge in [-0.3, -0.25) is 14.3 Å². The van der Waals surface area contributed by atoms with Crippen molar-refractivity contribution in [2.24, 2.45) is 5.73 Å². The molecule has 1 atom stereocenters. The van der Waals surface area contributed by atoms with E-state index in [9.17, 15) is 9.35 Å². The number of fused-ring (bicyclic) bond motifs is 2. The fraction of sp³-hybridized carbons (Fsp3) is 0.321. The maximum atomic E-state index is 12.0. The largest absolute Gasteiger partial charge is 0.617 e. The maximum absolute atomic E-state index is 12.0. The van der Waals surface area contributed by atoms with E-state index >= 15 is 0 Å². The molecule has 1 aliphatic heterocycles. The Labute approximate surface area is 220 Å². The first-order valence-corrected chi connectivity index (χ1v) is 14.2. The van der Waals surface area contributed by atoms with Crippen LogP contribution in [0.25, 0.3) is 16.9 Å². The molecule has 3 N–H and O–H groups in total. The topological polar surface area (TPSA) is 112 Å². The molecule has 3 heterocycles. The summed E-state index contributed by atoms with van der Waals surface area (Å²) in [5.74, 6) is 1.66. The number of amides is 1. The van der Waals surface area contributed by atoms with Crippen molar-refractivity contribution in [3.8, 4) is 5.95 Å². The van der Waals surface area contributed by atoms with Crippen LogP contribution in [-0.4, -0.2) is 55.0 Å². The number of primary amides is 1. The van der Waals surface area contributed by atoms with E-state index in [2.05, 4.69) is 22.3 Å². The van der Waals surface area contributed by atoms with Crippen LogP contribution >= 0.6 is 0 Å². The molecule has 9 heteroatoms. The smallest absolute Gasteiger partial charge is 0.249 e. The number of aromatic nitrogens is 3. The zero-order valence-electron chi connectivity index (χ0n) is 21.2. The van der Waals surface area contributed by atoms with Crippen molar-refractivity contribution in [3.63, 3.8) is 0 Å². The van der Waals surface area contributed by atoms with Crippen molar-refractivity contribution in [2.45, 2.75) is 32.9 Å². The molecular weight excluding hydrogens is 484 g/mol. The summed E-state index contributed by atoms with van der Waals surface area (Å²) in [4.78, 5) is 24.5. The number of nitrogens with one attached hydrogen (secondary N) is 1. The van der Waals surface area contributed by atoms with Gasteiger partial charge < -0.3 is 15.6 Å². The molecule has 1 aliphatic rings. The molecule has 0 radical (unpaired) electrons. The third-order valence-corrected chi connectivity index (χ3v) is 7.70.